The smallest absolute Gasteiger partial charge is 0.220 e. The van der Waals surface area contributed by atoms with Gasteiger partial charge in [-0.1, -0.05) is 30.3 Å². The van der Waals surface area contributed by atoms with E-state index in [-0.39, 0.29) is 5.91 Å². The van der Waals surface area contributed by atoms with Gasteiger partial charge in [0.2, 0.25) is 5.91 Å². The van der Waals surface area contributed by atoms with Crippen LogP contribution >= 0.6 is 0 Å². The Hall–Kier alpha value is -3.15. The summed E-state index contributed by atoms with van der Waals surface area (Å²) in [7, 11) is 0. The van der Waals surface area contributed by atoms with Gasteiger partial charge in [0.05, 0.1) is 12.2 Å². The highest BCUT2D eigenvalue weighted by atomic mass is 16.3. The minimum absolute atomic E-state index is 0.0770. The zero-order chi connectivity index (χ0) is 20.8. The van der Waals surface area contributed by atoms with Crippen LogP contribution in [0, 0.1) is 12.8 Å². The quantitative estimate of drug-likeness (QED) is 0.634. The molecule has 1 saturated heterocycles. The predicted octanol–water partition coefficient (Wildman–Crippen LogP) is 4.36. The van der Waals surface area contributed by atoms with E-state index in [0.29, 0.717) is 18.9 Å². The van der Waals surface area contributed by atoms with Crippen LogP contribution in [-0.4, -0.2) is 29.2 Å². The van der Waals surface area contributed by atoms with Crippen LogP contribution in [0.15, 0.2) is 59.0 Å². The van der Waals surface area contributed by atoms with Crippen LogP contribution in [0.25, 0.3) is 11.3 Å². The molecule has 156 valence electrons. The molecule has 1 unspecified atom stereocenters. The molecule has 0 radical (unpaired) electrons. The fourth-order valence-electron chi connectivity index (χ4n) is 3.95. The third-order valence-corrected chi connectivity index (χ3v) is 5.60. The lowest BCUT2D eigenvalue weighted by atomic mass is 9.93. The number of piperidine rings is 1. The Balaban J connectivity index is 1.26. The molecule has 6 nitrogen and oxygen atoms in total. The number of nitrogens with one attached hydrogen (secondary N) is 1. The molecule has 2 aromatic heterocycles. The van der Waals surface area contributed by atoms with Gasteiger partial charge in [-0.2, -0.15) is 0 Å². The van der Waals surface area contributed by atoms with Gasteiger partial charge in [-0.25, -0.2) is 0 Å². The third-order valence-electron chi connectivity index (χ3n) is 5.60. The van der Waals surface area contributed by atoms with Gasteiger partial charge in [0.15, 0.2) is 5.82 Å². The average molecular weight is 405 g/mol. The summed E-state index contributed by atoms with van der Waals surface area (Å²) in [6.07, 6.45) is 3.68. The van der Waals surface area contributed by atoms with Crippen LogP contribution in [0.4, 0.5) is 5.82 Å². The number of anilines is 1. The molecule has 6 heteroatoms. The number of hydrogen-bond donors (Lipinski definition) is 1. The Bertz CT molecular complexity index is 953. The number of carbonyl (C=O) groups excluding carboxylic acids is 1. The summed E-state index contributed by atoms with van der Waals surface area (Å²) in [6.45, 7) is 4.26. The van der Waals surface area contributed by atoms with Gasteiger partial charge >= 0.3 is 0 Å². The van der Waals surface area contributed by atoms with E-state index in [1.807, 2.05) is 55.5 Å². The van der Waals surface area contributed by atoms with E-state index >= 15 is 0 Å². The highest BCUT2D eigenvalue weighted by Gasteiger charge is 2.22. The minimum atomic E-state index is 0.0770. The molecular weight excluding hydrogens is 376 g/mol. The van der Waals surface area contributed by atoms with Crippen molar-refractivity contribution in [1.29, 1.82) is 0 Å². The number of carbonyl (C=O) groups is 1. The summed E-state index contributed by atoms with van der Waals surface area (Å²) >= 11 is 0. The molecule has 30 heavy (non-hydrogen) atoms. The minimum Gasteiger partial charge on any atom is -0.465 e. The molecule has 0 bridgehead atoms. The predicted molar refractivity (Wildman–Crippen MR) is 117 cm³/mol. The lowest BCUT2D eigenvalue weighted by Crippen LogP contribution is -2.36. The van der Waals surface area contributed by atoms with Gasteiger partial charge in [-0.15, -0.1) is 10.2 Å². The first-order chi connectivity index (χ1) is 14.7. The molecule has 1 fully saturated rings. The highest BCUT2D eigenvalue weighted by molar-refractivity contribution is 5.75. The van der Waals surface area contributed by atoms with E-state index in [0.717, 1.165) is 60.9 Å². The lowest BCUT2D eigenvalue weighted by Gasteiger charge is -2.33. The molecule has 1 aliphatic heterocycles. The molecule has 0 saturated carbocycles. The summed E-state index contributed by atoms with van der Waals surface area (Å²) in [5.41, 5.74) is 1.96. The molecule has 1 amide bonds. The number of nitrogens with zero attached hydrogens (tertiary/aromatic N) is 3. The molecule has 1 atom stereocenters. The molecule has 1 N–H and O–H groups in total. The second kappa shape index (κ2) is 9.57. The van der Waals surface area contributed by atoms with Crippen LogP contribution in [0.3, 0.4) is 0 Å². The average Bonchev–Trinajstić information content (AvgIpc) is 3.22. The van der Waals surface area contributed by atoms with Gasteiger partial charge in [0.25, 0.3) is 0 Å². The molecule has 0 spiro atoms. The number of rotatable bonds is 7. The van der Waals surface area contributed by atoms with E-state index < -0.39 is 0 Å². The Morgan fingerprint density at radius 3 is 2.73 bits per heavy atom. The van der Waals surface area contributed by atoms with Crippen molar-refractivity contribution in [1.82, 2.24) is 15.5 Å². The Labute approximate surface area is 177 Å². The number of hydrogen-bond acceptors (Lipinski definition) is 5. The van der Waals surface area contributed by atoms with E-state index in [1.54, 1.807) is 0 Å². The first kappa shape index (κ1) is 20.1. The van der Waals surface area contributed by atoms with Crippen molar-refractivity contribution < 1.29 is 9.21 Å². The van der Waals surface area contributed by atoms with E-state index in [4.69, 9.17) is 4.42 Å². The fourth-order valence-corrected chi connectivity index (χ4v) is 3.95. The van der Waals surface area contributed by atoms with Crippen molar-refractivity contribution in [3.05, 3.63) is 66.1 Å². The van der Waals surface area contributed by atoms with Crippen LogP contribution in [0.2, 0.25) is 0 Å². The summed E-state index contributed by atoms with van der Waals surface area (Å²) < 4.78 is 5.49. The Morgan fingerprint density at radius 2 is 2.00 bits per heavy atom. The Morgan fingerprint density at radius 1 is 1.13 bits per heavy atom. The summed E-state index contributed by atoms with van der Waals surface area (Å²) in [5, 5.41) is 11.8. The van der Waals surface area contributed by atoms with Crippen molar-refractivity contribution in [2.75, 3.05) is 18.0 Å². The monoisotopic (exact) mass is 404 g/mol. The maximum atomic E-state index is 12.2. The summed E-state index contributed by atoms with van der Waals surface area (Å²) in [5.74, 6) is 3.14. The zero-order valence-corrected chi connectivity index (χ0v) is 17.4. The van der Waals surface area contributed by atoms with E-state index in [1.165, 1.54) is 0 Å². The van der Waals surface area contributed by atoms with E-state index in [2.05, 4.69) is 26.5 Å². The number of amides is 1. The molecule has 4 rings (SSSR count). The van der Waals surface area contributed by atoms with Gasteiger partial charge in [0, 0.05) is 25.1 Å². The van der Waals surface area contributed by atoms with Crippen molar-refractivity contribution >= 4 is 11.7 Å². The van der Waals surface area contributed by atoms with Gasteiger partial charge < -0.3 is 14.6 Å². The summed E-state index contributed by atoms with van der Waals surface area (Å²) in [6, 6.07) is 18.0. The summed E-state index contributed by atoms with van der Waals surface area (Å²) in [4.78, 5) is 14.5. The molecule has 0 aliphatic carbocycles. The van der Waals surface area contributed by atoms with Crippen LogP contribution in [0.1, 0.15) is 37.2 Å². The zero-order valence-electron chi connectivity index (χ0n) is 17.4. The van der Waals surface area contributed by atoms with Gasteiger partial charge in [-0.3, -0.25) is 4.79 Å². The fraction of sp³-hybridized carbons (Fsp3) is 0.375. The number of furan rings is 1. The van der Waals surface area contributed by atoms with Crippen molar-refractivity contribution in [3.63, 3.8) is 0 Å². The van der Waals surface area contributed by atoms with Gasteiger partial charge in [-0.05, 0) is 56.4 Å². The first-order valence-electron chi connectivity index (χ1n) is 10.6. The van der Waals surface area contributed by atoms with E-state index in [9.17, 15) is 4.79 Å². The van der Waals surface area contributed by atoms with Crippen molar-refractivity contribution in [2.45, 2.75) is 39.2 Å². The molecular formula is C24H28N4O2. The number of benzene rings is 1. The second-order valence-electron chi connectivity index (χ2n) is 7.92. The van der Waals surface area contributed by atoms with Gasteiger partial charge in [0.1, 0.15) is 11.5 Å². The normalized spacial score (nSPS) is 16.4. The second-order valence-corrected chi connectivity index (χ2v) is 7.92. The van der Waals surface area contributed by atoms with Crippen LogP contribution in [0.5, 0.6) is 0 Å². The maximum absolute atomic E-state index is 12.2. The van der Waals surface area contributed by atoms with Crippen LogP contribution < -0.4 is 10.2 Å². The maximum Gasteiger partial charge on any atom is 0.220 e. The molecule has 3 heterocycles. The van der Waals surface area contributed by atoms with Crippen molar-refractivity contribution in [2.24, 2.45) is 5.92 Å². The SMILES string of the molecule is Cc1ccc(CNC(=O)CCC2CCCN(c3ccc(-c4ccccc4)nn3)C2)o1. The largest absolute Gasteiger partial charge is 0.465 e. The highest BCUT2D eigenvalue weighted by Crippen LogP contribution is 2.25. The molecule has 1 aliphatic rings. The first-order valence-corrected chi connectivity index (χ1v) is 10.6. The third kappa shape index (κ3) is 5.26. The topological polar surface area (TPSA) is 71.3 Å². The number of aryl methyl sites for hydroxylation is 1. The molecule has 3 aromatic rings. The van der Waals surface area contributed by atoms with Crippen molar-refractivity contribution in [3.8, 4) is 11.3 Å². The number of aromatic nitrogens is 2. The van der Waals surface area contributed by atoms with Crippen LogP contribution in [-0.2, 0) is 11.3 Å². The standard InChI is InChI=1S/C24H28N4O2/c1-18-9-11-21(30-18)16-25-24(29)14-10-19-6-5-15-28(17-19)23-13-12-22(26-27-23)20-7-3-2-4-8-20/h2-4,7-9,11-13,19H,5-6,10,14-17H2,1H3,(H,25,29). The Kier molecular flexibility index (Phi) is 6.42. The lowest BCUT2D eigenvalue weighted by molar-refractivity contribution is -0.121. The molecule has 1 aromatic carbocycles.